The number of hydrogen-bond acceptors (Lipinski definition) is 6. The van der Waals surface area contributed by atoms with Gasteiger partial charge in [-0.25, -0.2) is 9.97 Å². The van der Waals surface area contributed by atoms with Crippen LogP contribution < -0.4 is 10.2 Å². The molecule has 10 heteroatoms. The molecule has 2 aromatic rings. The van der Waals surface area contributed by atoms with Crippen molar-refractivity contribution in [1.82, 2.24) is 20.2 Å². The van der Waals surface area contributed by atoms with E-state index in [1.54, 1.807) is 6.07 Å². The Balaban J connectivity index is 1.30. The summed E-state index contributed by atoms with van der Waals surface area (Å²) >= 11 is 1.08. The fraction of sp³-hybridized carbons (Fsp3) is 0.667. The van der Waals surface area contributed by atoms with Crippen LogP contribution in [0.1, 0.15) is 30.6 Å². The summed E-state index contributed by atoms with van der Waals surface area (Å²) in [6.07, 6.45) is 0.196. The lowest BCUT2D eigenvalue weighted by Crippen LogP contribution is -2.43. The van der Waals surface area contributed by atoms with E-state index in [9.17, 15) is 18.0 Å². The van der Waals surface area contributed by atoms with E-state index in [0.29, 0.717) is 16.0 Å². The summed E-state index contributed by atoms with van der Waals surface area (Å²) in [5.41, 5.74) is 0.0415. The molecule has 5 heterocycles. The summed E-state index contributed by atoms with van der Waals surface area (Å²) in [5.74, 6) is 1.06. The molecule has 3 fully saturated rings. The molecule has 6 nitrogen and oxygen atoms in total. The third-order valence-corrected chi connectivity index (χ3v) is 7.91. The van der Waals surface area contributed by atoms with Gasteiger partial charge in [0, 0.05) is 43.0 Å². The molecule has 0 saturated carbocycles. The maximum absolute atomic E-state index is 12.9. The molecule has 5 rings (SSSR count). The van der Waals surface area contributed by atoms with Crippen molar-refractivity contribution in [3.63, 3.8) is 0 Å². The minimum atomic E-state index is -4.24. The third kappa shape index (κ3) is 4.24. The van der Waals surface area contributed by atoms with Gasteiger partial charge in [-0.15, -0.1) is 11.3 Å². The van der Waals surface area contributed by atoms with E-state index in [0.717, 1.165) is 76.3 Å². The monoisotopic (exact) mass is 453 g/mol. The zero-order valence-corrected chi connectivity index (χ0v) is 18.1. The molecule has 3 saturated heterocycles. The van der Waals surface area contributed by atoms with E-state index in [1.165, 1.54) is 6.33 Å². The number of rotatable bonds is 3. The number of aromatic nitrogens is 2. The number of piperidine rings is 1. The number of likely N-dealkylation sites (tertiary alicyclic amines) is 1. The molecular weight excluding hydrogens is 427 g/mol. The fourth-order valence-electron chi connectivity index (χ4n) is 5.32. The van der Waals surface area contributed by atoms with Crippen molar-refractivity contribution in [3.05, 3.63) is 17.3 Å². The zero-order valence-electron chi connectivity index (χ0n) is 17.2. The number of thiophene rings is 1. The van der Waals surface area contributed by atoms with E-state index in [4.69, 9.17) is 0 Å². The van der Waals surface area contributed by atoms with Crippen molar-refractivity contribution in [3.8, 4) is 0 Å². The van der Waals surface area contributed by atoms with Gasteiger partial charge in [0.1, 0.15) is 17.0 Å². The van der Waals surface area contributed by atoms with Crippen molar-refractivity contribution in [2.24, 2.45) is 11.3 Å². The number of nitrogens with one attached hydrogen (secondary N) is 1. The van der Waals surface area contributed by atoms with Gasteiger partial charge in [0.05, 0.1) is 17.7 Å². The summed E-state index contributed by atoms with van der Waals surface area (Å²) in [6, 6.07) is 1.59. The molecular formula is C21H26F3N5OS. The Hall–Kier alpha value is -1.94. The molecule has 2 aromatic heterocycles. The molecule has 1 N–H and O–H groups in total. The Bertz CT molecular complexity index is 974. The van der Waals surface area contributed by atoms with Gasteiger partial charge in [-0.1, -0.05) is 0 Å². The van der Waals surface area contributed by atoms with Crippen LogP contribution in [0.2, 0.25) is 0 Å². The fourth-order valence-corrected chi connectivity index (χ4v) is 6.34. The van der Waals surface area contributed by atoms with Crippen molar-refractivity contribution in [1.29, 1.82) is 0 Å². The number of anilines is 1. The van der Waals surface area contributed by atoms with E-state index in [1.807, 2.05) is 4.90 Å². The summed E-state index contributed by atoms with van der Waals surface area (Å²) in [4.78, 5) is 26.6. The smallest absolute Gasteiger partial charge is 0.355 e. The van der Waals surface area contributed by atoms with Gasteiger partial charge in [-0.3, -0.25) is 4.79 Å². The van der Waals surface area contributed by atoms with Gasteiger partial charge in [0.2, 0.25) is 5.91 Å². The van der Waals surface area contributed by atoms with Gasteiger partial charge in [0.15, 0.2) is 0 Å². The molecule has 2 atom stereocenters. The second-order valence-corrected chi connectivity index (χ2v) is 10.3. The number of nitrogens with zero attached hydrogens (tertiary/aromatic N) is 4. The topological polar surface area (TPSA) is 61.4 Å². The molecule has 168 valence electrons. The lowest BCUT2D eigenvalue weighted by Gasteiger charge is -2.29. The Labute approximate surface area is 182 Å². The number of halogens is 3. The van der Waals surface area contributed by atoms with Crippen molar-refractivity contribution < 1.29 is 18.0 Å². The first kappa shape index (κ1) is 20.9. The largest absolute Gasteiger partial charge is 0.393 e. The lowest BCUT2D eigenvalue weighted by atomic mass is 9.86. The number of hydrogen-bond donors (Lipinski definition) is 1. The first-order valence-corrected chi connectivity index (χ1v) is 11.7. The molecule has 0 radical (unpaired) electrons. The van der Waals surface area contributed by atoms with Crippen LogP contribution in [0.5, 0.6) is 0 Å². The van der Waals surface area contributed by atoms with E-state index in [2.05, 4.69) is 20.2 Å². The summed E-state index contributed by atoms with van der Waals surface area (Å²) in [5, 5.41) is 4.02. The minimum absolute atomic E-state index is 0.0415. The Morgan fingerprint density at radius 2 is 2.10 bits per heavy atom. The van der Waals surface area contributed by atoms with Crippen molar-refractivity contribution in [2.75, 3.05) is 44.2 Å². The standard InChI is InChI=1S/C21H26F3N5OS/c22-21(23,24)9-15-8-16-17(26-13-27-18(16)31-15)28-6-3-20(11-28)4-7-29(12-20)19(30)14-2-1-5-25-10-14/h8,13-14,25H,1-7,9-12H2. The van der Waals surface area contributed by atoms with Crippen molar-refractivity contribution in [2.45, 2.75) is 38.3 Å². The van der Waals surface area contributed by atoms with Crippen LogP contribution in [0.4, 0.5) is 19.0 Å². The Morgan fingerprint density at radius 1 is 1.26 bits per heavy atom. The van der Waals surface area contributed by atoms with E-state index < -0.39 is 12.6 Å². The number of fused-ring (bicyclic) bond motifs is 1. The second kappa shape index (κ2) is 7.88. The van der Waals surface area contributed by atoms with Crippen molar-refractivity contribution >= 4 is 33.3 Å². The lowest BCUT2D eigenvalue weighted by molar-refractivity contribution is -0.135. The predicted molar refractivity (Wildman–Crippen MR) is 113 cm³/mol. The molecule has 1 amide bonds. The van der Waals surface area contributed by atoms with Crippen LogP contribution in [-0.2, 0) is 11.2 Å². The first-order valence-electron chi connectivity index (χ1n) is 10.9. The van der Waals surface area contributed by atoms with E-state index in [-0.39, 0.29) is 22.1 Å². The number of carbonyl (C=O) groups is 1. The highest BCUT2D eigenvalue weighted by atomic mass is 32.1. The van der Waals surface area contributed by atoms with Gasteiger partial charge in [0.25, 0.3) is 0 Å². The molecule has 1 spiro atoms. The van der Waals surface area contributed by atoms with Gasteiger partial charge in [-0.05, 0) is 38.3 Å². The molecule has 0 bridgehead atoms. The number of alkyl halides is 3. The molecule has 3 aliphatic rings. The highest BCUT2D eigenvalue weighted by Gasteiger charge is 2.46. The maximum Gasteiger partial charge on any atom is 0.393 e. The highest BCUT2D eigenvalue weighted by molar-refractivity contribution is 7.18. The normalized spacial score (nSPS) is 27.0. The van der Waals surface area contributed by atoms with Crippen LogP contribution in [0.15, 0.2) is 12.4 Å². The van der Waals surface area contributed by atoms with Gasteiger partial charge < -0.3 is 15.1 Å². The SMILES string of the molecule is O=C(C1CCCNC1)N1CCC2(CCN(c3ncnc4sc(CC(F)(F)F)cc34)C2)C1. The average molecular weight is 454 g/mol. The summed E-state index contributed by atoms with van der Waals surface area (Å²) in [6.45, 7) is 4.88. The molecule has 0 aliphatic carbocycles. The van der Waals surface area contributed by atoms with Crippen LogP contribution in [-0.4, -0.2) is 66.2 Å². The number of carbonyl (C=O) groups excluding carboxylic acids is 1. The summed E-state index contributed by atoms with van der Waals surface area (Å²) < 4.78 is 38.5. The van der Waals surface area contributed by atoms with Gasteiger partial charge >= 0.3 is 6.18 Å². The molecule has 31 heavy (non-hydrogen) atoms. The second-order valence-electron chi connectivity index (χ2n) is 9.15. The highest BCUT2D eigenvalue weighted by Crippen LogP contribution is 2.43. The van der Waals surface area contributed by atoms with Crippen LogP contribution in [0.3, 0.4) is 0 Å². The zero-order chi connectivity index (χ0) is 21.6. The maximum atomic E-state index is 12.9. The van der Waals surface area contributed by atoms with Crippen LogP contribution in [0, 0.1) is 11.3 Å². The average Bonchev–Trinajstić information content (AvgIpc) is 3.45. The number of amides is 1. The quantitative estimate of drug-likeness (QED) is 0.773. The van der Waals surface area contributed by atoms with Gasteiger partial charge in [-0.2, -0.15) is 13.2 Å². The first-order chi connectivity index (χ1) is 14.8. The van der Waals surface area contributed by atoms with Crippen LogP contribution in [0.25, 0.3) is 10.2 Å². The molecule has 0 aromatic carbocycles. The van der Waals surface area contributed by atoms with E-state index >= 15 is 0 Å². The van der Waals surface area contributed by atoms with Crippen LogP contribution >= 0.6 is 11.3 Å². The predicted octanol–water partition coefficient (Wildman–Crippen LogP) is 3.22. The minimum Gasteiger partial charge on any atom is -0.355 e. The Kier molecular flexibility index (Phi) is 5.32. The Morgan fingerprint density at radius 3 is 2.87 bits per heavy atom. The molecule has 3 aliphatic heterocycles. The summed E-state index contributed by atoms with van der Waals surface area (Å²) in [7, 11) is 0. The third-order valence-electron chi connectivity index (χ3n) is 6.87. The molecule has 2 unspecified atom stereocenters.